The number of halogens is 1. The molecule has 0 N–H and O–H groups in total. The van der Waals surface area contributed by atoms with Gasteiger partial charge in [0.15, 0.2) is 18.1 Å². The van der Waals surface area contributed by atoms with Crippen LogP contribution < -0.4 is 0 Å². The molecule has 0 spiro atoms. The summed E-state index contributed by atoms with van der Waals surface area (Å²) in [6.45, 7) is -0.0778. The van der Waals surface area contributed by atoms with Crippen molar-refractivity contribution >= 4 is 29.3 Å². The van der Waals surface area contributed by atoms with E-state index in [2.05, 4.69) is 10.3 Å². The molecule has 2 aromatic carbocycles. The van der Waals surface area contributed by atoms with E-state index in [9.17, 15) is 14.4 Å². The SMILES string of the molecule is CN(C(=O)COC(=O)c1cn(Cc2ccccc2)nn1)C1(c2ccccc2Cl)CCCCC1=O. The number of hydrogen-bond donors (Lipinski definition) is 0. The fourth-order valence-corrected chi connectivity index (χ4v) is 4.67. The Labute approximate surface area is 202 Å². The highest BCUT2D eigenvalue weighted by Crippen LogP contribution is 2.42. The van der Waals surface area contributed by atoms with Crippen molar-refractivity contribution in [2.24, 2.45) is 0 Å². The largest absolute Gasteiger partial charge is 0.451 e. The van der Waals surface area contributed by atoms with Crippen molar-refractivity contribution in [2.45, 2.75) is 37.8 Å². The maximum absolute atomic E-state index is 13.1. The third-order valence-electron chi connectivity index (χ3n) is 6.18. The number of aromatic nitrogens is 3. The monoisotopic (exact) mass is 480 g/mol. The van der Waals surface area contributed by atoms with Crippen molar-refractivity contribution < 1.29 is 19.1 Å². The van der Waals surface area contributed by atoms with Gasteiger partial charge in [0.1, 0.15) is 5.54 Å². The van der Waals surface area contributed by atoms with Crippen molar-refractivity contribution in [1.29, 1.82) is 0 Å². The number of hydrogen-bond acceptors (Lipinski definition) is 6. The zero-order valence-corrected chi connectivity index (χ0v) is 19.6. The number of esters is 1. The van der Waals surface area contributed by atoms with Gasteiger partial charge in [-0.15, -0.1) is 5.10 Å². The van der Waals surface area contributed by atoms with Crippen LogP contribution >= 0.6 is 11.6 Å². The molecule has 1 unspecified atom stereocenters. The number of nitrogens with zero attached hydrogens (tertiary/aromatic N) is 4. The maximum atomic E-state index is 13.1. The van der Waals surface area contributed by atoms with Gasteiger partial charge in [-0.25, -0.2) is 9.48 Å². The van der Waals surface area contributed by atoms with Crippen LogP contribution in [0.4, 0.5) is 0 Å². The lowest BCUT2D eigenvalue weighted by Gasteiger charge is -2.43. The van der Waals surface area contributed by atoms with Crippen molar-refractivity contribution in [3.05, 3.63) is 82.6 Å². The molecule has 0 aliphatic heterocycles. The molecule has 34 heavy (non-hydrogen) atoms. The van der Waals surface area contributed by atoms with Crippen LogP contribution in [0, 0.1) is 0 Å². The van der Waals surface area contributed by atoms with Gasteiger partial charge in [0.05, 0.1) is 12.7 Å². The summed E-state index contributed by atoms with van der Waals surface area (Å²) in [6.07, 6.45) is 3.83. The predicted molar refractivity (Wildman–Crippen MR) is 125 cm³/mol. The van der Waals surface area contributed by atoms with E-state index in [1.807, 2.05) is 30.3 Å². The quantitative estimate of drug-likeness (QED) is 0.479. The Morgan fingerprint density at radius 1 is 1.12 bits per heavy atom. The zero-order chi connectivity index (χ0) is 24.1. The van der Waals surface area contributed by atoms with Gasteiger partial charge in [0.2, 0.25) is 0 Å². The third-order valence-corrected chi connectivity index (χ3v) is 6.51. The van der Waals surface area contributed by atoms with Crippen LogP contribution in [-0.2, 0) is 26.4 Å². The zero-order valence-electron chi connectivity index (χ0n) is 18.8. The molecule has 176 valence electrons. The van der Waals surface area contributed by atoms with E-state index < -0.39 is 24.0 Å². The molecule has 1 aliphatic rings. The number of ether oxygens (including phenoxy) is 1. The van der Waals surface area contributed by atoms with E-state index in [1.165, 1.54) is 15.8 Å². The topological polar surface area (TPSA) is 94.4 Å². The van der Waals surface area contributed by atoms with Gasteiger partial charge in [-0.05, 0) is 30.9 Å². The van der Waals surface area contributed by atoms with Crippen LogP contribution in [-0.4, -0.2) is 51.2 Å². The predicted octanol–water partition coefficient (Wildman–Crippen LogP) is 3.63. The van der Waals surface area contributed by atoms with Gasteiger partial charge < -0.3 is 9.64 Å². The van der Waals surface area contributed by atoms with E-state index in [1.54, 1.807) is 31.3 Å². The summed E-state index contributed by atoms with van der Waals surface area (Å²) >= 11 is 6.44. The molecule has 8 nitrogen and oxygen atoms in total. The van der Waals surface area contributed by atoms with E-state index in [-0.39, 0.29) is 11.5 Å². The second kappa shape index (κ2) is 10.2. The fraction of sp³-hybridized carbons (Fsp3) is 0.320. The van der Waals surface area contributed by atoms with Crippen LogP contribution in [0.1, 0.15) is 47.3 Å². The first-order valence-corrected chi connectivity index (χ1v) is 11.5. The minimum absolute atomic E-state index is 0.000874. The Morgan fingerprint density at radius 2 is 1.85 bits per heavy atom. The molecule has 1 heterocycles. The summed E-state index contributed by atoms with van der Waals surface area (Å²) < 4.78 is 6.74. The second-order valence-corrected chi connectivity index (χ2v) is 8.69. The number of likely N-dealkylation sites (N-methyl/N-ethyl adjacent to an activating group) is 1. The first-order valence-electron chi connectivity index (χ1n) is 11.1. The Bertz CT molecular complexity index is 1200. The summed E-state index contributed by atoms with van der Waals surface area (Å²) in [7, 11) is 1.55. The molecule has 1 saturated carbocycles. The summed E-state index contributed by atoms with van der Waals surface area (Å²) in [5.41, 5.74) is 0.415. The number of amides is 1. The van der Waals surface area contributed by atoms with Crippen molar-refractivity contribution in [1.82, 2.24) is 19.9 Å². The number of ketones is 1. The third kappa shape index (κ3) is 4.72. The highest BCUT2D eigenvalue weighted by atomic mass is 35.5. The van der Waals surface area contributed by atoms with Crippen molar-refractivity contribution in [3.63, 3.8) is 0 Å². The molecule has 1 aliphatic carbocycles. The summed E-state index contributed by atoms with van der Waals surface area (Å²) in [6, 6.07) is 16.7. The number of Topliss-reactive ketones (excluding diaryl/α,β-unsaturated/α-hetero) is 1. The smallest absolute Gasteiger partial charge is 0.361 e. The van der Waals surface area contributed by atoms with E-state index in [4.69, 9.17) is 16.3 Å². The Morgan fingerprint density at radius 3 is 2.59 bits per heavy atom. The van der Waals surface area contributed by atoms with Crippen LogP contribution in [0.5, 0.6) is 0 Å². The average molecular weight is 481 g/mol. The highest BCUT2D eigenvalue weighted by Gasteiger charge is 2.48. The summed E-state index contributed by atoms with van der Waals surface area (Å²) in [4.78, 5) is 40.1. The molecular formula is C25H25ClN4O4. The lowest BCUT2D eigenvalue weighted by molar-refractivity contribution is -0.150. The maximum Gasteiger partial charge on any atom is 0.361 e. The van der Waals surface area contributed by atoms with E-state index in [0.717, 1.165) is 18.4 Å². The Kier molecular flexibility index (Phi) is 7.07. The minimum Gasteiger partial charge on any atom is -0.451 e. The average Bonchev–Trinajstić information content (AvgIpc) is 3.32. The highest BCUT2D eigenvalue weighted by molar-refractivity contribution is 6.31. The first kappa shape index (κ1) is 23.6. The molecule has 0 saturated heterocycles. The first-order chi connectivity index (χ1) is 16.4. The van der Waals surface area contributed by atoms with Gasteiger partial charge in [0.25, 0.3) is 5.91 Å². The lowest BCUT2D eigenvalue weighted by Crippen LogP contribution is -2.55. The number of carbonyl (C=O) groups excluding carboxylic acids is 3. The van der Waals surface area contributed by atoms with Gasteiger partial charge in [-0.1, -0.05) is 65.3 Å². The van der Waals surface area contributed by atoms with Crippen LogP contribution in [0.2, 0.25) is 5.02 Å². The van der Waals surface area contributed by atoms with Crippen molar-refractivity contribution in [3.8, 4) is 0 Å². The van der Waals surface area contributed by atoms with Crippen LogP contribution in [0.3, 0.4) is 0 Å². The summed E-state index contributed by atoms with van der Waals surface area (Å²) in [5.74, 6) is -1.33. The van der Waals surface area contributed by atoms with Crippen LogP contribution in [0.15, 0.2) is 60.8 Å². The van der Waals surface area contributed by atoms with Gasteiger partial charge >= 0.3 is 5.97 Å². The molecule has 4 rings (SSSR count). The number of carbonyl (C=O) groups is 3. The number of benzene rings is 2. The lowest BCUT2D eigenvalue weighted by atomic mass is 9.74. The molecule has 9 heteroatoms. The molecule has 0 bridgehead atoms. The summed E-state index contributed by atoms with van der Waals surface area (Å²) in [5, 5.41) is 8.22. The normalized spacial score (nSPS) is 17.9. The standard InChI is InChI=1S/C25H25ClN4O4/c1-29(25(14-8-7-13-22(25)31)19-11-5-6-12-20(19)26)23(32)17-34-24(33)21-16-30(28-27-21)15-18-9-3-2-4-10-18/h2-6,9-12,16H,7-8,13-15,17H2,1H3. The fourth-order valence-electron chi connectivity index (χ4n) is 4.38. The molecule has 1 amide bonds. The molecule has 1 atom stereocenters. The molecular weight excluding hydrogens is 456 g/mol. The Hall–Kier alpha value is -3.52. The van der Waals surface area contributed by atoms with Gasteiger partial charge in [-0.3, -0.25) is 9.59 Å². The van der Waals surface area contributed by atoms with Gasteiger partial charge in [-0.2, -0.15) is 0 Å². The van der Waals surface area contributed by atoms with Crippen molar-refractivity contribution in [2.75, 3.05) is 13.7 Å². The van der Waals surface area contributed by atoms with E-state index in [0.29, 0.717) is 30.0 Å². The Balaban J connectivity index is 1.45. The molecule has 1 fully saturated rings. The van der Waals surface area contributed by atoms with E-state index >= 15 is 0 Å². The number of rotatable bonds is 7. The minimum atomic E-state index is -1.18. The molecule has 3 aromatic rings. The molecule has 0 radical (unpaired) electrons. The van der Waals surface area contributed by atoms with Crippen LogP contribution in [0.25, 0.3) is 0 Å². The molecule has 1 aromatic heterocycles. The van der Waals surface area contributed by atoms with Gasteiger partial charge in [0, 0.05) is 24.1 Å². The second-order valence-electron chi connectivity index (χ2n) is 8.29.